The average Bonchev–Trinajstić information content (AvgIpc) is 2.94. The summed E-state index contributed by atoms with van der Waals surface area (Å²) < 4.78 is 0. The van der Waals surface area contributed by atoms with Gasteiger partial charge in [0, 0.05) is 34.5 Å². The second-order valence-electron chi connectivity index (χ2n) is 5.84. The van der Waals surface area contributed by atoms with Crippen LogP contribution in [0.25, 0.3) is 10.6 Å². The molecule has 0 radical (unpaired) electrons. The smallest absolute Gasteiger partial charge is 0.319 e. The lowest BCUT2D eigenvalue weighted by atomic mass is 9.95. The van der Waals surface area contributed by atoms with Crippen molar-refractivity contribution in [1.29, 1.82) is 0 Å². The van der Waals surface area contributed by atoms with Crippen molar-refractivity contribution >= 4 is 23.1 Å². The molecule has 0 saturated heterocycles. The molecule has 0 bridgehead atoms. The van der Waals surface area contributed by atoms with Crippen molar-refractivity contribution < 1.29 is 9.90 Å². The second kappa shape index (κ2) is 7.57. The number of thiazole rings is 1. The largest absolute Gasteiger partial charge is 0.396 e. The van der Waals surface area contributed by atoms with Gasteiger partial charge in [0.25, 0.3) is 0 Å². The number of aliphatic hydroxyl groups excluding tert-OH is 1. The first-order chi connectivity index (χ1) is 11.0. The lowest BCUT2D eigenvalue weighted by Gasteiger charge is -2.29. The van der Waals surface area contributed by atoms with Crippen LogP contribution in [0.5, 0.6) is 0 Å². The predicted molar refractivity (Wildman–Crippen MR) is 94.8 cm³/mol. The number of urea groups is 1. The van der Waals surface area contributed by atoms with Crippen molar-refractivity contribution in [3.63, 3.8) is 0 Å². The highest BCUT2D eigenvalue weighted by Gasteiger charge is 2.23. The van der Waals surface area contributed by atoms with E-state index in [4.69, 9.17) is 5.11 Å². The van der Waals surface area contributed by atoms with Crippen LogP contribution in [0.3, 0.4) is 0 Å². The zero-order chi connectivity index (χ0) is 16.9. The third-order valence-corrected chi connectivity index (χ3v) is 4.88. The van der Waals surface area contributed by atoms with E-state index in [-0.39, 0.29) is 12.6 Å². The summed E-state index contributed by atoms with van der Waals surface area (Å²) in [5.41, 5.74) is 2.36. The van der Waals surface area contributed by atoms with Gasteiger partial charge in [0.15, 0.2) is 0 Å². The number of rotatable bonds is 6. The van der Waals surface area contributed by atoms with Crippen LogP contribution in [-0.2, 0) is 0 Å². The van der Waals surface area contributed by atoms with Crippen LogP contribution >= 0.6 is 11.3 Å². The lowest BCUT2D eigenvalue weighted by molar-refractivity contribution is 0.208. The molecule has 1 heterocycles. The summed E-state index contributed by atoms with van der Waals surface area (Å²) in [7, 11) is 0. The molecule has 3 N–H and O–H groups in total. The summed E-state index contributed by atoms with van der Waals surface area (Å²) >= 11 is 1.60. The molecule has 6 heteroatoms. The first-order valence-corrected chi connectivity index (χ1v) is 8.56. The zero-order valence-electron chi connectivity index (χ0n) is 13.7. The van der Waals surface area contributed by atoms with E-state index in [2.05, 4.69) is 15.6 Å². The molecule has 1 aromatic carbocycles. The van der Waals surface area contributed by atoms with Gasteiger partial charge in [0.1, 0.15) is 5.01 Å². The molecule has 0 saturated carbocycles. The van der Waals surface area contributed by atoms with Gasteiger partial charge in [-0.15, -0.1) is 11.3 Å². The molecule has 5 nitrogen and oxygen atoms in total. The second-order valence-corrected chi connectivity index (χ2v) is 6.70. The minimum absolute atomic E-state index is 0.0482. The third kappa shape index (κ3) is 4.77. The normalized spacial score (nSPS) is 13.4. The van der Waals surface area contributed by atoms with Gasteiger partial charge in [0.05, 0.1) is 0 Å². The first kappa shape index (κ1) is 17.4. The van der Waals surface area contributed by atoms with Gasteiger partial charge in [-0.25, -0.2) is 9.78 Å². The Labute approximate surface area is 140 Å². The fourth-order valence-corrected chi connectivity index (χ4v) is 3.00. The van der Waals surface area contributed by atoms with E-state index in [1.54, 1.807) is 11.3 Å². The predicted octanol–water partition coefficient (Wildman–Crippen LogP) is 3.79. The molecular formula is C17H23N3O2S. The van der Waals surface area contributed by atoms with Crippen LogP contribution in [0, 0.1) is 6.92 Å². The number of aryl methyl sites for hydroxylation is 1. The molecule has 2 amide bonds. The van der Waals surface area contributed by atoms with Crippen molar-refractivity contribution in [2.24, 2.45) is 0 Å². The van der Waals surface area contributed by atoms with E-state index in [0.717, 1.165) is 28.4 Å². The monoisotopic (exact) mass is 333 g/mol. The molecular weight excluding hydrogens is 310 g/mol. The minimum atomic E-state index is -0.406. The topological polar surface area (TPSA) is 74.2 Å². The van der Waals surface area contributed by atoms with Crippen LogP contribution < -0.4 is 10.6 Å². The molecule has 2 aromatic rings. The number of amides is 2. The van der Waals surface area contributed by atoms with Crippen molar-refractivity contribution in [3.05, 3.63) is 35.3 Å². The van der Waals surface area contributed by atoms with Gasteiger partial charge in [-0.2, -0.15) is 0 Å². The number of nitrogens with zero attached hydrogens (tertiary/aromatic N) is 1. The number of benzene rings is 1. The fraction of sp³-hybridized carbons (Fsp3) is 0.412. The van der Waals surface area contributed by atoms with Crippen molar-refractivity contribution in [2.75, 3.05) is 11.9 Å². The standard InChI is InChI=1S/C17H23N3O2S/c1-4-17(3,9-10-21)20-16(22)19-14-7-5-13(6-8-14)15-18-12(2)11-23-15/h5-8,11,21H,4,9-10H2,1-3H3,(H2,19,20,22). The minimum Gasteiger partial charge on any atom is -0.396 e. The van der Waals surface area contributed by atoms with Gasteiger partial charge in [-0.3, -0.25) is 0 Å². The maximum atomic E-state index is 12.1. The molecule has 0 aliphatic rings. The van der Waals surface area contributed by atoms with Crippen LogP contribution in [0.1, 0.15) is 32.4 Å². The maximum absolute atomic E-state index is 12.1. The highest BCUT2D eigenvalue weighted by Crippen LogP contribution is 2.25. The van der Waals surface area contributed by atoms with Crippen LogP contribution in [-0.4, -0.2) is 28.3 Å². The van der Waals surface area contributed by atoms with Gasteiger partial charge >= 0.3 is 6.03 Å². The molecule has 2 rings (SSSR count). The van der Waals surface area contributed by atoms with E-state index in [1.807, 2.05) is 50.4 Å². The summed E-state index contributed by atoms with van der Waals surface area (Å²) in [6.07, 6.45) is 1.28. The van der Waals surface area contributed by atoms with Crippen molar-refractivity contribution in [2.45, 2.75) is 39.2 Å². The number of aromatic nitrogens is 1. The third-order valence-electron chi connectivity index (χ3n) is 3.87. The number of hydrogen-bond acceptors (Lipinski definition) is 4. The number of aliphatic hydroxyl groups is 1. The Morgan fingerprint density at radius 1 is 1.35 bits per heavy atom. The Balaban J connectivity index is 1.99. The molecule has 0 spiro atoms. The van der Waals surface area contributed by atoms with Crippen LogP contribution in [0.15, 0.2) is 29.6 Å². The quantitative estimate of drug-likeness (QED) is 0.753. The number of carbonyl (C=O) groups excluding carboxylic acids is 1. The van der Waals surface area contributed by atoms with Gasteiger partial charge in [-0.1, -0.05) is 6.92 Å². The van der Waals surface area contributed by atoms with Crippen molar-refractivity contribution in [1.82, 2.24) is 10.3 Å². The SMILES string of the molecule is CCC(C)(CCO)NC(=O)Nc1ccc(-c2nc(C)cs2)cc1. The Bertz CT molecular complexity index is 654. The average molecular weight is 333 g/mol. The molecule has 124 valence electrons. The molecule has 23 heavy (non-hydrogen) atoms. The lowest BCUT2D eigenvalue weighted by Crippen LogP contribution is -2.48. The molecule has 1 unspecified atom stereocenters. The Morgan fingerprint density at radius 2 is 2.04 bits per heavy atom. The molecule has 0 aliphatic carbocycles. The Kier molecular flexibility index (Phi) is 5.74. The zero-order valence-corrected chi connectivity index (χ0v) is 14.5. The fourth-order valence-electron chi connectivity index (χ4n) is 2.19. The Hall–Kier alpha value is -1.92. The van der Waals surface area contributed by atoms with E-state index >= 15 is 0 Å². The van der Waals surface area contributed by atoms with E-state index < -0.39 is 5.54 Å². The molecule has 1 aromatic heterocycles. The van der Waals surface area contributed by atoms with Gasteiger partial charge < -0.3 is 15.7 Å². The number of anilines is 1. The number of carbonyl (C=O) groups is 1. The summed E-state index contributed by atoms with van der Waals surface area (Å²) in [4.78, 5) is 16.6. The summed E-state index contributed by atoms with van der Waals surface area (Å²) in [6, 6.07) is 7.35. The van der Waals surface area contributed by atoms with Crippen molar-refractivity contribution in [3.8, 4) is 10.6 Å². The maximum Gasteiger partial charge on any atom is 0.319 e. The Morgan fingerprint density at radius 3 is 2.57 bits per heavy atom. The van der Waals surface area contributed by atoms with Gasteiger partial charge in [-0.05, 0) is 51.0 Å². The summed E-state index contributed by atoms with van der Waals surface area (Å²) in [5.74, 6) is 0. The first-order valence-electron chi connectivity index (χ1n) is 7.68. The number of nitrogens with one attached hydrogen (secondary N) is 2. The van der Waals surface area contributed by atoms with E-state index in [9.17, 15) is 4.79 Å². The van der Waals surface area contributed by atoms with Gasteiger partial charge in [0.2, 0.25) is 0 Å². The van der Waals surface area contributed by atoms with E-state index in [0.29, 0.717) is 6.42 Å². The molecule has 0 aliphatic heterocycles. The summed E-state index contributed by atoms with van der Waals surface area (Å²) in [5, 5.41) is 17.8. The van der Waals surface area contributed by atoms with E-state index in [1.165, 1.54) is 0 Å². The highest BCUT2D eigenvalue weighted by atomic mass is 32.1. The number of hydrogen-bond donors (Lipinski definition) is 3. The molecule has 0 fully saturated rings. The highest BCUT2D eigenvalue weighted by molar-refractivity contribution is 7.13. The van der Waals surface area contributed by atoms with Crippen LogP contribution in [0.2, 0.25) is 0 Å². The summed E-state index contributed by atoms with van der Waals surface area (Å²) in [6.45, 7) is 5.93. The molecule has 1 atom stereocenters. The van der Waals surface area contributed by atoms with Crippen LogP contribution in [0.4, 0.5) is 10.5 Å².